The molecule has 12 heavy (non-hydrogen) atoms. The molecule has 0 aliphatic rings. The largest absolute Gasteiger partial charge is 0.241 e. The van der Waals surface area contributed by atoms with Crippen molar-refractivity contribution in [3.8, 4) is 0 Å². The highest BCUT2D eigenvalue weighted by molar-refractivity contribution is 5.10. The number of hydrogen-bond donors (Lipinski definition) is 0. The Bertz CT molecular complexity index is 249. The summed E-state index contributed by atoms with van der Waals surface area (Å²) in [6, 6.07) is 0. The van der Waals surface area contributed by atoms with E-state index < -0.39 is 0 Å². The molecule has 1 aromatic rings. The minimum absolute atomic E-state index is 0.503. The molecule has 2 heteroatoms. The normalized spacial score (nSPS) is 10.2. The fourth-order valence-electron chi connectivity index (χ4n) is 0.897. The van der Waals surface area contributed by atoms with Gasteiger partial charge in [-0.15, -0.1) is 6.58 Å². The Kier molecular flexibility index (Phi) is 2.97. The van der Waals surface area contributed by atoms with Gasteiger partial charge < -0.3 is 0 Å². The molecule has 0 aliphatic carbocycles. The molecule has 0 fully saturated rings. The third-order valence-electron chi connectivity index (χ3n) is 1.72. The van der Waals surface area contributed by atoms with Crippen molar-refractivity contribution < 1.29 is 0 Å². The molecule has 0 atom stereocenters. The lowest BCUT2D eigenvalue weighted by Gasteiger charge is -2.03. The van der Waals surface area contributed by atoms with Gasteiger partial charge in [-0.1, -0.05) is 19.9 Å². The molecule has 0 N–H and O–H groups in total. The van der Waals surface area contributed by atoms with Crippen molar-refractivity contribution >= 4 is 0 Å². The van der Waals surface area contributed by atoms with E-state index in [1.807, 2.05) is 18.5 Å². The highest BCUT2D eigenvalue weighted by atomic mass is 14.9. The van der Waals surface area contributed by atoms with Crippen molar-refractivity contribution in [3.63, 3.8) is 0 Å². The van der Waals surface area contributed by atoms with Crippen LogP contribution in [0.2, 0.25) is 0 Å². The van der Waals surface area contributed by atoms with Crippen LogP contribution >= 0.6 is 0 Å². The summed E-state index contributed by atoms with van der Waals surface area (Å²) in [6.45, 7) is 7.90. The number of hydrogen-bond acceptors (Lipinski definition) is 2. The van der Waals surface area contributed by atoms with Gasteiger partial charge in [0, 0.05) is 18.8 Å². The first kappa shape index (κ1) is 8.91. The van der Waals surface area contributed by atoms with Crippen LogP contribution in [0, 0.1) is 0 Å². The van der Waals surface area contributed by atoms with Crippen molar-refractivity contribution in [2.24, 2.45) is 0 Å². The van der Waals surface area contributed by atoms with Gasteiger partial charge in [-0.2, -0.15) is 0 Å². The lowest BCUT2D eigenvalue weighted by atomic mass is 10.1. The van der Waals surface area contributed by atoms with Crippen LogP contribution in [-0.4, -0.2) is 9.97 Å². The number of allylic oxidation sites excluding steroid dienone is 1. The van der Waals surface area contributed by atoms with Gasteiger partial charge in [-0.25, -0.2) is 9.97 Å². The van der Waals surface area contributed by atoms with Gasteiger partial charge in [0.25, 0.3) is 0 Å². The minimum atomic E-state index is 0.503. The maximum atomic E-state index is 4.21. The summed E-state index contributed by atoms with van der Waals surface area (Å²) in [4.78, 5) is 8.41. The number of aromatic nitrogens is 2. The highest BCUT2D eigenvalue weighted by Gasteiger charge is 1.99. The van der Waals surface area contributed by atoms with Crippen LogP contribution < -0.4 is 0 Å². The molecular formula is C10H14N2. The molecule has 0 saturated carbocycles. The third kappa shape index (κ3) is 2.16. The van der Waals surface area contributed by atoms with E-state index in [1.165, 1.54) is 5.56 Å². The van der Waals surface area contributed by atoms with Gasteiger partial charge in [0.15, 0.2) is 0 Å². The molecule has 0 bridgehead atoms. The fourth-order valence-corrected chi connectivity index (χ4v) is 0.897. The lowest BCUT2D eigenvalue weighted by molar-refractivity contribution is 0.832. The maximum Gasteiger partial charge on any atom is 0.131 e. The van der Waals surface area contributed by atoms with Gasteiger partial charge in [0.2, 0.25) is 0 Å². The van der Waals surface area contributed by atoms with E-state index in [0.29, 0.717) is 5.92 Å². The maximum absolute atomic E-state index is 4.21. The van der Waals surface area contributed by atoms with E-state index >= 15 is 0 Å². The van der Waals surface area contributed by atoms with Crippen molar-refractivity contribution in [2.45, 2.75) is 26.2 Å². The van der Waals surface area contributed by atoms with Gasteiger partial charge in [-0.3, -0.25) is 0 Å². The second-order valence-corrected chi connectivity index (χ2v) is 3.08. The van der Waals surface area contributed by atoms with E-state index in [1.54, 1.807) is 0 Å². The summed E-state index contributed by atoms with van der Waals surface area (Å²) >= 11 is 0. The molecule has 0 amide bonds. The molecule has 0 radical (unpaired) electrons. The van der Waals surface area contributed by atoms with Crippen LogP contribution in [0.15, 0.2) is 25.0 Å². The Morgan fingerprint density at radius 2 is 2.00 bits per heavy atom. The zero-order chi connectivity index (χ0) is 8.97. The Balaban J connectivity index is 2.78. The molecule has 0 saturated heterocycles. The first-order chi connectivity index (χ1) is 5.74. The second-order valence-electron chi connectivity index (χ2n) is 3.08. The molecule has 0 aliphatic heterocycles. The Hall–Kier alpha value is -1.18. The van der Waals surface area contributed by atoms with Crippen molar-refractivity contribution in [1.82, 2.24) is 9.97 Å². The molecule has 0 unspecified atom stereocenters. The average Bonchev–Trinajstić information content (AvgIpc) is 2.06. The Morgan fingerprint density at radius 1 is 1.42 bits per heavy atom. The van der Waals surface area contributed by atoms with Crippen LogP contribution in [0.1, 0.15) is 31.2 Å². The smallest absolute Gasteiger partial charge is 0.131 e. The van der Waals surface area contributed by atoms with Crippen LogP contribution in [0.3, 0.4) is 0 Å². The van der Waals surface area contributed by atoms with Gasteiger partial charge >= 0.3 is 0 Å². The van der Waals surface area contributed by atoms with Crippen LogP contribution in [0.4, 0.5) is 0 Å². The lowest BCUT2D eigenvalue weighted by Crippen LogP contribution is -1.96. The fraction of sp³-hybridized carbons (Fsp3) is 0.400. The zero-order valence-corrected chi connectivity index (χ0v) is 7.62. The van der Waals surface area contributed by atoms with E-state index in [2.05, 4.69) is 30.4 Å². The first-order valence-corrected chi connectivity index (χ1v) is 4.15. The molecule has 1 rings (SSSR count). The van der Waals surface area contributed by atoms with E-state index in [0.717, 1.165) is 12.2 Å². The topological polar surface area (TPSA) is 25.8 Å². The van der Waals surface area contributed by atoms with Crippen molar-refractivity contribution in [1.29, 1.82) is 0 Å². The molecule has 2 nitrogen and oxygen atoms in total. The van der Waals surface area contributed by atoms with E-state index in [9.17, 15) is 0 Å². The van der Waals surface area contributed by atoms with Gasteiger partial charge in [-0.05, 0) is 11.5 Å². The zero-order valence-electron chi connectivity index (χ0n) is 7.62. The highest BCUT2D eigenvalue weighted by Crippen LogP contribution is 2.10. The predicted octanol–water partition coefficient (Wildman–Crippen LogP) is 2.33. The van der Waals surface area contributed by atoms with Crippen LogP contribution in [0.25, 0.3) is 0 Å². The van der Waals surface area contributed by atoms with Crippen molar-refractivity contribution in [3.05, 3.63) is 36.4 Å². The summed E-state index contributed by atoms with van der Waals surface area (Å²) in [5.74, 6) is 1.34. The predicted molar refractivity (Wildman–Crippen MR) is 50.0 cm³/mol. The summed E-state index contributed by atoms with van der Waals surface area (Å²) < 4.78 is 0. The second kappa shape index (κ2) is 4.00. The molecule has 1 heterocycles. The average molecular weight is 162 g/mol. The molecule has 64 valence electrons. The minimum Gasteiger partial charge on any atom is -0.241 e. The van der Waals surface area contributed by atoms with Gasteiger partial charge in [0.1, 0.15) is 5.82 Å². The monoisotopic (exact) mass is 162 g/mol. The number of rotatable bonds is 3. The molecule has 1 aromatic heterocycles. The first-order valence-electron chi connectivity index (χ1n) is 4.15. The van der Waals surface area contributed by atoms with Crippen LogP contribution in [-0.2, 0) is 6.42 Å². The number of nitrogens with zero attached hydrogens (tertiary/aromatic N) is 2. The summed E-state index contributed by atoms with van der Waals surface area (Å²) in [6.07, 6.45) is 6.33. The quantitative estimate of drug-likeness (QED) is 0.637. The standard InChI is InChI=1S/C10H14N2/c1-4-5-10-11-6-9(7-12-10)8(2)3/h4,6-8H,1,5H2,2-3H3. The van der Waals surface area contributed by atoms with E-state index in [4.69, 9.17) is 0 Å². The summed E-state index contributed by atoms with van der Waals surface area (Å²) in [7, 11) is 0. The Labute approximate surface area is 73.4 Å². The van der Waals surface area contributed by atoms with E-state index in [-0.39, 0.29) is 0 Å². The Morgan fingerprint density at radius 3 is 2.42 bits per heavy atom. The molecule has 0 spiro atoms. The molecule has 0 aromatic carbocycles. The van der Waals surface area contributed by atoms with Gasteiger partial charge in [0.05, 0.1) is 0 Å². The van der Waals surface area contributed by atoms with Crippen molar-refractivity contribution in [2.75, 3.05) is 0 Å². The SMILES string of the molecule is C=CCc1ncc(C(C)C)cn1. The van der Waals surface area contributed by atoms with Crippen LogP contribution in [0.5, 0.6) is 0 Å². The third-order valence-corrected chi connectivity index (χ3v) is 1.72. The molecular weight excluding hydrogens is 148 g/mol. The summed E-state index contributed by atoms with van der Waals surface area (Å²) in [5, 5.41) is 0. The summed E-state index contributed by atoms with van der Waals surface area (Å²) in [5.41, 5.74) is 1.18.